The highest BCUT2D eigenvalue weighted by atomic mass is 16.6. The summed E-state index contributed by atoms with van der Waals surface area (Å²) in [6.45, 7) is 2.85. The molecule has 1 aliphatic rings. The first kappa shape index (κ1) is 13.6. The lowest BCUT2D eigenvalue weighted by Gasteiger charge is -2.18. The summed E-state index contributed by atoms with van der Waals surface area (Å²) in [6, 6.07) is 10.9. The highest BCUT2D eigenvalue weighted by Gasteiger charge is 2.22. The van der Waals surface area contributed by atoms with Crippen molar-refractivity contribution in [3.05, 3.63) is 47.8 Å². The average Bonchev–Trinajstić information content (AvgIpc) is 2.95. The fourth-order valence-corrected chi connectivity index (χ4v) is 2.84. The van der Waals surface area contributed by atoms with Gasteiger partial charge in [0.15, 0.2) is 17.2 Å². The Morgan fingerprint density at radius 3 is 2.74 bits per heavy atom. The number of hydrogen-bond acceptors (Lipinski definition) is 4. The molecule has 0 spiro atoms. The summed E-state index contributed by atoms with van der Waals surface area (Å²) >= 11 is 0. The molecule has 0 fully saturated rings. The molecule has 0 bridgehead atoms. The van der Waals surface area contributed by atoms with E-state index in [0.717, 1.165) is 5.69 Å². The van der Waals surface area contributed by atoms with Gasteiger partial charge in [-0.2, -0.15) is 0 Å². The van der Waals surface area contributed by atoms with E-state index in [0.29, 0.717) is 41.6 Å². The van der Waals surface area contributed by atoms with Crippen LogP contribution < -0.4 is 9.47 Å². The van der Waals surface area contributed by atoms with Crippen LogP contribution in [0.4, 0.5) is 0 Å². The molecule has 1 N–H and O–H groups in total. The lowest BCUT2D eigenvalue weighted by Crippen LogP contribution is -2.15. The van der Waals surface area contributed by atoms with E-state index < -0.39 is 5.97 Å². The number of fused-ring (bicyclic) bond motifs is 2. The number of aromatic carboxylic acids is 1. The minimum atomic E-state index is -1.02. The molecule has 0 amide bonds. The SMILES string of the molecule is Cc1cccc2nc(-c3ccc4c(c3)OCCO4)c(C(=O)O)n12. The van der Waals surface area contributed by atoms with E-state index in [4.69, 9.17) is 9.47 Å². The third-order valence-corrected chi connectivity index (χ3v) is 3.86. The standard InChI is InChI=1S/C17H14N2O4/c1-10-3-2-4-14-18-15(16(17(20)21)19(10)14)11-5-6-12-13(9-11)23-8-7-22-12/h2-6,9H,7-8H2,1H3,(H,20,21). The molecule has 0 radical (unpaired) electrons. The number of imidazole rings is 1. The molecule has 4 rings (SSSR count). The summed E-state index contributed by atoms with van der Waals surface area (Å²) in [5, 5.41) is 9.66. The Kier molecular flexibility index (Phi) is 2.97. The van der Waals surface area contributed by atoms with Crippen LogP contribution in [-0.2, 0) is 0 Å². The first-order chi connectivity index (χ1) is 11.1. The number of carbonyl (C=O) groups is 1. The van der Waals surface area contributed by atoms with E-state index in [-0.39, 0.29) is 5.69 Å². The van der Waals surface area contributed by atoms with E-state index in [1.165, 1.54) is 0 Å². The average molecular weight is 310 g/mol. The van der Waals surface area contributed by atoms with Crippen molar-refractivity contribution in [1.82, 2.24) is 9.38 Å². The molecule has 23 heavy (non-hydrogen) atoms. The number of carboxylic acids is 1. The van der Waals surface area contributed by atoms with Gasteiger partial charge in [-0.05, 0) is 37.3 Å². The van der Waals surface area contributed by atoms with Crippen molar-refractivity contribution >= 4 is 11.6 Å². The maximum atomic E-state index is 11.8. The van der Waals surface area contributed by atoms with E-state index in [1.807, 2.05) is 19.1 Å². The van der Waals surface area contributed by atoms with Crippen LogP contribution in [0.25, 0.3) is 16.9 Å². The van der Waals surface area contributed by atoms with Gasteiger partial charge in [0.2, 0.25) is 0 Å². The second-order valence-corrected chi connectivity index (χ2v) is 5.33. The van der Waals surface area contributed by atoms with Gasteiger partial charge in [-0.3, -0.25) is 4.40 Å². The second-order valence-electron chi connectivity index (χ2n) is 5.33. The summed E-state index contributed by atoms with van der Waals surface area (Å²) in [4.78, 5) is 16.3. The zero-order valence-corrected chi connectivity index (χ0v) is 12.4. The number of benzene rings is 1. The molecule has 1 aromatic carbocycles. The first-order valence-electron chi connectivity index (χ1n) is 7.26. The van der Waals surface area contributed by atoms with Crippen LogP contribution in [-0.4, -0.2) is 33.7 Å². The third-order valence-electron chi connectivity index (χ3n) is 3.86. The highest BCUT2D eigenvalue weighted by molar-refractivity contribution is 5.95. The zero-order valence-electron chi connectivity index (χ0n) is 12.4. The molecule has 0 saturated carbocycles. The number of rotatable bonds is 2. The van der Waals surface area contributed by atoms with Crippen LogP contribution in [0.3, 0.4) is 0 Å². The van der Waals surface area contributed by atoms with Gasteiger partial charge in [0.05, 0.1) is 0 Å². The van der Waals surface area contributed by atoms with E-state index in [9.17, 15) is 9.90 Å². The molecule has 0 unspecified atom stereocenters. The normalized spacial score (nSPS) is 13.3. The molecule has 6 nitrogen and oxygen atoms in total. The topological polar surface area (TPSA) is 73.1 Å². The van der Waals surface area contributed by atoms with Crippen LogP contribution in [0.1, 0.15) is 16.2 Å². The van der Waals surface area contributed by atoms with E-state index in [2.05, 4.69) is 4.98 Å². The molecule has 3 aromatic rings. The van der Waals surface area contributed by atoms with Crippen molar-refractivity contribution in [3.8, 4) is 22.8 Å². The summed E-state index contributed by atoms with van der Waals surface area (Å²) in [5.41, 5.74) is 2.68. The number of hydrogen-bond donors (Lipinski definition) is 1. The molecule has 0 atom stereocenters. The predicted octanol–water partition coefficient (Wildman–Crippen LogP) is 2.78. The van der Waals surface area contributed by atoms with Gasteiger partial charge in [0.1, 0.15) is 24.6 Å². The fraction of sp³-hybridized carbons (Fsp3) is 0.176. The zero-order chi connectivity index (χ0) is 16.0. The summed E-state index contributed by atoms with van der Waals surface area (Å²) < 4.78 is 12.7. The van der Waals surface area contributed by atoms with Crippen molar-refractivity contribution < 1.29 is 19.4 Å². The van der Waals surface area contributed by atoms with Gasteiger partial charge in [-0.15, -0.1) is 0 Å². The number of aromatic nitrogens is 2. The Hall–Kier alpha value is -3.02. The molecule has 1 aliphatic heterocycles. The first-order valence-corrected chi connectivity index (χ1v) is 7.26. The van der Waals surface area contributed by atoms with Crippen LogP contribution in [0, 0.1) is 6.92 Å². The monoisotopic (exact) mass is 310 g/mol. The molecular weight excluding hydrogens is 296 g/mol. The molecule has 2 aromatic heterocycles. The third kappa shape index (κ3) is 2.11. The van der Waals surface area contributed by atoms with Crippen molar-refractivity contribution in [2.75, 3.05) is 13.2 Å². The van der Waals surface area contributed by atoms with Crippen molar-refractivity contribution in [2.24, 2.45) is 0 Å². The maximum absolute atomic E-state index is 11.8. The number of pyridine rings is 1. The lowest BCUT2D eigenvalue weighted by molar-refractivity contribution is 0.0690. The van der Waals surface area contributed by atoms with E-state index in [1.54, 1.807) is 28.7 Å². The minimum absolute atomic E-state index is 0.148. The summed E-state index contributed by atoms with van der Waals surface area (Å²) in [6.07, 6.45) is 0. The molecule has 116 valence electrons. The number of nitrogens with zero attached hydrogens (tertiary/aromatic N) is 2. The van der Waals surface area contributed by atoms with Gasteiger partial charge < -0.3 is 14.6 Å². The van der Waals surface area contributed by atoms with E-state index >= 15 is 0 Å². The van der Waals surface area contributed by atoms with Gasteiger partial charge in [0.25, 0.3) is 0 Å². The van der Waals surface area contributed by atoms with Crippen LogP contribution in [0.5, 0.6) is 11.5 Å². The molecular formula is C17H14N2O4. The Morgan fingerprint density at radius 2 is 1.96 bits per heavy atom. The van der Waals surface area contributed by atoms with Crippen LogP contribution in [0.15, 0.2) is 36.4 Å². The Bertz CT molecular complexity index is 930. The maximum Gasteiger partial charge on any atom is 0.355 e. The molecule has 0 saturated heterocycles. The smallest absolute Gasteiger partial charge is 0.355 e. The largest absolute Gasteiger partial charge is 0.486 e. The molecule has 3 heterocycles. The molecule has 0 aliphatic carbocycles. The van der Waals surface area contributed by atoms with Crippen LogP contribution >= 0.6 is 0 Å². The van der Waals surface area contributed by atoms with Crippen molar-refractivity contribution in [2.45, 2.75) is 6.92 Å². The highest BCUT2D eigenvalue weighted by Crippen LogP contribution is 2.35. The summed E-state index contributed by atoms with van der Waals surface area (Å²) in [7, 11) is 0. The number of ether oxygens (including phenoxy) is 2. The van der Waals surface area contributed by atoms with Gasteiger partial charge in [-0.25, -0.2) is 9.78 Å². The Balaban J connectivity index is 1.97. The second kappa shape index (κ2) is 5.01. The quantitative estimate of drug-likeness (QED) is 0.788. The predicted molar refractivity (Wildman–Crippen MR) is 83.3 cm³/mol. The van der Waals surface area contributed by atoms with Crippen molar-refractivity contribution in [3.63, 3.8) is 0 Å². The van der Waals surface area contributed by atoms with Gasteiger partial charge in [0, 0.05) is 11.3 Å². The van der Waals surface area contributed by atoms with Gasteiger partial charge >= 0.3 is 5.97 Å². The van der Waals surface area contributed by atoms with Crippen LogP contribution in [0.2, 0.25) is 0 Å². The minimum Gasteiger partial charge on any atom is -0.486 e. The Morgan fingerprint density at radius 1 is 1.17 bits per heavy atom. The number of carboxylic acid groups (broad SMARTS) is 1. The lowest BCUT2D eigenvalue weighted by atomic mass is 10.1. The summed E-state index contributed by atoms with van der Waals surface area (Å²) in [5.74, 6) is 0.257. The van der Waals surface area contributed by atoms with Crippen molar-refractivity contribution in [1.29, 1.82) is 0 Å². The molecule has 6 heteroatoms. The fourth-order valence-electron chi connectivity index (χ4n) is 2.84. The number of aryl methyl sites for hydroxylation is 1. The van der Waals surface area contributed by atoms with Gasteiger partial charge in [-0.1, -0.05) is 6.07 Å². The Labute approximate surface area is 131 Å².